The molecule has 0 bridgehead atoms. The van der Waals surface area contributed by atoms with Gasteiger partial charge in [0.15, 0.2) is 0 Å². The molecule has 2 aliphatic rings. The maximum atomic E-state index is 13.5. The molecular formula is C38H47N3O8. The van der Waals surface area contributed by atoms with E-state index in [1.807, 2.05) is 24.3 Å². The van der Waals surface area contributed by atoms with Gasteiger partial charge in [0.2, 0.25) is 0 Å². The lowest BCUT2D eigenvalue weighted by atomic mass is 9.51. The summed E-state index contributed by atoms with van der Waals surface area (Å²) >= 11 is 0. The summed E-state index contributed by atoms with van der Waals surface area (Å²) in [4.78, 5) is 40.0. The van der Waals surface area contributed by atoms with Gasteiger partial charge >= 0.3 is 11.9 Å². The van der Waals surface area contributed by atoms with Crippen molar-refractivity contribution in [2.24, 2.45) is 10.8 Å². The minimum Gasteiger partial charge on any atom is -0.497 e. The smallest absolute Gasteiger partial charge is 0.311 e. The van der Waals surface area contributed by atoms with Crippen LogP contribution in [0.5, 0.6) is 11.5 Å². The minimum absolute atomic E-state index is 0.193. The van der Waals surface area contributed by atoms with E-state index in [-0.39, 0.29) is 17.5 Å². The highest BCUT2D eigenvalue weighted by Gasteiger charge is 2.65. The molecule has 0 aromatic heterocycles. The normalized spacial score (nSPS) is 26.8. The van der Waals surface area contributed by atoms with Crippen LogP contribution >= 0.6 is 0 Å². The zero-order valence-corrected chi connectivity index (χ0v) is 28.8. The van der Waals surface area contributed by atoms with Crippen LogP contribution in [0, 0.1) is 20.9 Å². The monoisotopic (exact) mass is 673 g/mol. The highest BCUT2D eigenvalue weighted by atomic mass is 16.6. The van der Waals surface area contributed by atoms with Crippen molar-refractivity contribution in [2.75, 3.05) is 33.9 Å². The first-order valence-electron chi connectivity index (χ1n) is 16.8. The Morgan fingerprint density at radius 1 is 0.898 bits per heavy atom. The van der Waals surface area contributed by atoms with Gasteiger partial charge in [-0.25, -0.2) is 0 Å². The number of benzene rings is 3. The van der Waals surface area contributed by atoms with Crippen molar-refractivity contribution in [1.82, 2.24) is 10.2 Å². The minimum atomic E-state index is -1.55. The van der Waals surface area contributed by atoms with Gasteiger partial charge in [0.1, 0.15) is 11.5 Å². The Hall–Kier alpha value is -4.48. The van der Waals surface area contributed by atoms with E-state index in [4.69, 9.17) is 9.47 Å². The third-order valence-corrected chi connectivity index (χ3v) is 11.6. The molecule has 0 radical (unpaired) electrons. The van der Waals surface area contributed by atoms with Gasteiger partial charge in [0.05, 0.1) is 30.0 Å². The summed E-state index contributed by atoms with van der Waals surface area (Å²) in [5.74, 6) is -1.70. The SMILES string of the molecule is COc1ccc(C2(c3ccc(OC)cc3)CCN(CCCC3(C(=O)O)C(C)NC(C)C(C)(C(=O)O)C3c3cccc([N+](=O)[O-])c3)CC2)cc1. The number of non-ortho nitro benzene ring substituents is 1. The number of carboxylic acids is 2. The molecule has 3 aromatic rings. The molecule has 0 saturated carbocycles. The summed E-state index contributed by atoms with van der Waals surface area (Å²) in [5.41, 5.74) is -0.774. The van der Waals surface area contributed by atoms with Crippen molar-refractivity contribution in [3.8, 4) is 11.5 Å². The van der Waals surface area contributed by atoms with Gasteiger partial charge in [0, 0.05) is 35.5 Å². The van der Waals surface area contributed by atoms with E-state index in [1.165, 1.54) is 29.3 Å². The quantitative estimate of drug-likeness (QED) is 0.152. The lowest BCUT2D eigenvalue weighted by Crippen LogP contribution is -2.68. The van der Waals surface area contributed by atoms with Crippen molar-refractivity contribution in [2.45, 2.75) is 69.9 Å². The van der Waals surface area contributed by atoms with Crippen LogP contribution in [-0.4, -0.2) is 77.9 Å². The zero-order valence-electron chi connectivity index (χ0n) is 28.8. The molecule has 262 valence electrons. The van der Waals surface area contributed by atoms with Crippen LogP contribution in [0.2, 0.25) is 0 Å². The second-order valence-electron chi connectivity index (χ2n) is 13.8. The number of ether oxygens (including phenoxy) is 2. The third-order valence-electron chi connectivity index (χ3n) is 11.6. The number of carbonyl (C=O) groups is 2. The lowest BCUT2D eigenvalue weighted by Gasteiger charge is -2.56. The predicted octanol–water partition coefficient (Wildman–Crippen LogP) is 6.10. The molecule has 2 aliphatic heterocycles. The third kappa shape index (κ3) is 6.37. The number of methoxy groups -OCH3 is 2. The summed E-state index contributed by atoms with van der Waals surface area (Å²) in [6.07, 6.45) is 2.39. The van der Waals surface area contributed by atoms with Crippen LogP contribution in [0.3, 0.4) is 0 Å². The summed E-state index contributed by atoms with van der Waals surface area (Å²) in [6.45, 7) is 7.28. The number of piperidine rings is 2. The number of nitro benzene ring substituents is 1. The van der Waals surface area contributed by atoms with Crippen LogP contribution in [0.1, 0.15) is 69.1 Å². The van der Waals surface area contributed by atoms with Crippen LogP contribution in [-0.2, 0) is 15.0 Å². The standard InChI is InChI=1S/C38H47N3O8/c1-25-36(3,34(42)43)33(27-8-6-9-30(24-27)41(46)47)38(35(44)45,26(2)39-25)18-7-21-40-22-19-37(20-23-40,28-10-14-31(48-4)15-11-28)29-12-16-32(49-5)17-13-29/h6,8-17,24-26,33,39H,7,18-23H2,1-5H3,(H,42,43)(H,44,45). The van der Waals surface area contributed by atoms with E-state index < -0.39 is 45.7 Å². The van der Waals surface area contributed by atoms with Crippen molar-refractivity contribution in [1.29, 1.82) is 0 Å². The fraction of sp³-hybridized carbons (Fsp3) is 0.474. The number of nitro groups is 1. The largest absolute Gasteiger partial charge is 0.497 e. The molecule has 49 heavy (non-hydrogen) atoms. The highest BCUT2D eigenvalue weighted by Crippen LogP contribution is 2.57. The maximum Gasteiger partial charge on any atom is 0.311 e. The van der Waals surface area contributed by atoms with Gasteiger partial charge in [-0.2, -0.15) is 0 Å². The Bertz CT molecular complexity index is 1600. The first-order valence-corrected chi connectivity index (χ1v) is 16.8. The van der Waals surface area contributed by atoms with Crippen LogP contribution in [0.4, 0.5) is 5.69 Å². The van der Waals surface area contributed by atoms with Crippen molar-refractivity contribution in [3.05, 3.63) is 99.6 Å². The number of nitrogens with one attached hydrogen (secondary N) is 1. The van der Waals surface area contributed by atoms with E-state index in [0.29, 0.717) is 18.5 Å². The van der Waals surface area contributed by atoms with Gasteiger partial charge in [0.25, 0.3) is 5.69 Å². The second kappa shape index (κ2) is 14.2. The number of rotatable bonds is 12. The first kappa shape index (κ1) is 35.8. The summed E-state index contributed by atoms with van der Waals surface area (Å²) in [7, 11) is 3.31. The Morgan fingerprint density at radius 2 is 1.45 bits per heavy atom. The van der Waals surface area contributed by atoms with Gasteiger partial charge in [-0.3, -0.25) is 19.7 Å². The molecule has 2 saturated heterocycles. The van der Waals surface area contributed by atoms with Crippen LogP contribution in [0.15, 0.2) is 72.8 Å². The number of carboxylic acid groups (broad SMARTS) is 2. The number of hydrogen-bond donors (Lipinski definition) is 3. The highest BCUT2D eigenvalue weighted by molar-refractivity contribution is 5.84. The molecule has 2 heterocycles. The molecular weight excluding hydrogens is 626 g/mol. The lowest BCUT2D eigenvalue weighted by molar-refractivity contribution is -0.385. The van der Waals surface area contributed by atoms with Crippen LogP contribution in [0.25, 0.3) is 0 Å². The predicted molar refractivity (Wildman–Crippen MR) is 185 cm³/mol. The second-order valence-corrected chi connectivity index (χ2v) is 13.8. The number of aliphatic carboxylic acids is 2. The number of likely N-dealkylation sites (tertiary alicyclic amines) is 1. The molecule has 11 heteroatoms. The summed E-state index contributed by atoms with van der Waals surface area (Å²) in [5, 5.41) is 36.6. The molecule has 0 aliphatic carbocycles. The Labute approximate surface area is 287 Å². The maximum absolute atomic E-state index is 13.5. The van der Waals surface area contributed by atoms with E-state index in [2.05, 4.69) is 34.5 Å². The average Bonchev–Trinajstić information content (AvgIpc) is 3.10. The molecule has 0 amide bonds. The Morgan fingerprint density at radius 3 is 1.92 bits per heavy atom. The average molecular weight is 674 g/mol. The molecule has 5 unspecified atom stereocenters. The van der Waals surface area contributed by atoms with Gasteiger partial charge in [-0.1, -0.05) is 36.4 Å². The molecule has 11 nitrogen and oxygen atoms in total. The van der Waals surface area contributed by atoms with E-state index in [9.17, 15) is 29.9 Å². The van der Waals surface area contributed by atoms with Crippen molar-refractivity contribution < 1.29 is 34.2 Å². The molecule has 5 rings (SSSR count). The molecule has 2 fully saturated rings. The van der Waals surface area contributed by atoms with Gasteiger partial charge in [-0.15, -0.1) is 0 Å². The molecule has 3 aromatic carbocycles. The number of hydrogen-bond acceptors (Lipinski definition) is 8. The van der Waals surface area contributed by atoms with Crippen molar-refractivity contribution >= 4 is 17.6 Å². The molecule has 3 N–H and O–H groups in total. The topological polar surface area (TPSA) is 151 Å². The fourth-order valence-corrected chi connectivity index (χ4v) is 8.60. The molecule has 0 spiro atoms. The van der Waals surface area contributed by atoms with E-state index >= 15 is 0 Å². The van der Waals surface area contributed by atoms with Gasteiger partial charge in [-0.05, 0) is 107 Å². The fourth-order valence-electron chi connectivity index (χ4n) is 8.60. The molecule has 5 atom stereocenters. The van der Waals surface area contributed by atoms with Gasteiger partial charge < -0.3 is 29.9 Å². The zero-order chi connectivity index (χ0) is 35.6. The Kier molecular flexibility index (Phi) is 10.4. The summed E-state index contributed by atoms with van der Waals surface area (Å²) in [6, 6.07) is 21.1. The summed E-state index contributed by atoms with van der Waals surface area (Å²) < 4.78 is 10.8. The Balaban J connectivity index is 1.41. The number of nitrogens with zero attached hydrogens (tertiary/aromatic N) is 2. The van der Waals surface area contributed by atoms with Crippen molar-refractivity contribution in [3.63, 3.8) is 0 Å². The first-order chi connectivity index (χ1) is 23.3. The van der Waals surface area contributed by atoms with E-state index in [1.54, 1.807) is 41.1 Å². The van der Waals surface area contributed by atoms with Crippen LogP contribution < -0.4 is 14.8 Å². The van der Waals surface area contributed by atoms with E-state index in [0.717, 1.165) is 37.4 Å².